The van der Waals surface area contributed by atoms with E-state index in [-0.39, 0.29) is 11.8 Å². The van der Waals surface area contributed by atoms with Crippen molar-refractivity contribution in [3.63, 3.8) is 0 Å². The van der Waals surface area contributed by atoms with Gasteiger partial charge in [0, 0.05) is 31.2 Å². The second kappa shape index (κ2) is 7.21. The van der Waals surface area contributed by atoms with Gasteiger partial charge in [-0.1, -0.05) is 6.07 Å². The molecule has 0 saturated carbocycles. The summed E-state index contributed by atoms with van der Waals surface area (Å²) in [5, 5.41) is 2.51. The lowest BCUT2D eigenvalue weighted by molar-refractivity contribution is -0.138. The molecule has 0 radical (unpaired) electrons. The molecule has 0 bridgehead atoms. The van der Waals surface area contributed by atoms with Crippen LogP contribution < -0.4 is 5.32 Å². The second-order valence-electron chi connectivity index (χ2n) is 6.85. The third-order valence-corrected chi connectivity index (χ3v) is 4.74. The Hall–Kier alpha value is -1.75. The van der Waals surface area contributed by atoms with Gasteiger partial charge in [0.2, 0.25) is 11.8 Å². The standard InChI is InChI=1S/C18H27N3O2/c1-13(2)21(14(3)4)12-10-18(15-7-5-6-11-19-15)9-8-16(22)20-17(18)23/h5-7,11,13-14H,8-10,12H2,1-4H3,(H,20,22,23). The fourth-order valence-corrected chi connectivity index (χ4v) is 3.44. The van der Waals surface area contributed by atoms with E-state index >= 15 is 0 Å². The van der Waals surface area contributed by atoms with Crippen LogP contribution in [0.25, 0.3) is 0 Å². The number of hydrogen-bond acceptors (Lipinski definition) is 4. The smallest absolute Gasteiger partial charge is 0.238 e. The molecule has 1 unspecified atom stereocenters. The minimum atomic E-state index is -0.711. The maximum absolute atomic E-state index is 12.7. The highest BCUT2D eigenvalue weighted by atomic mass is 16.2. The van der Waals surface area contributed by atoms with Crippen LogP contribution in [0, 0.1) is 0 Å². The molecule has 0 aromatic carbocycles. The van der Waals surface area contributed by atoms with E-state index in [2.05, 4.69) is 42.9 Å². The Labute approximate surface area is 138 Å². The van der Waals surface area contributed by atoms with Gasteiger partial charge in [-0.15, -0.1) is 0 Å². The van der Waals surface area contributed by atoms with Crippen molar-refractivity contribution in [2.75, 3.05) is 6.54 Å². The number of imide groups is 1. The fourth-order valence-electron chi connectivity index (χ4n) is 3.44. The van der Waals surface area contributed by atoms with E-state index in [9.17, 15) is 9.59 Å². The molecule has 1 saturated heterocycles. The number of pyridine rings is 1. The molecule has 0 aliphatic carbocycles. The predicted octanol–water partition coefficient (Wildman–Crippen LogP) is 2.26. The van der Waals surface area contributed by atoms with Crippen LogP contribution in [-0.2, 0) is 15.0 Å². The third kappa shape index (κ3) is 3.78. The quantitative estimate of drug-likeness (QED) is 0.818. The van der Waals surface area contributed by atoms with Crippen molar-refractivity contribution >= 4 is 11.8 Å². The average molecular weight is 317 g/mol. The largest absolute Gasteiger partial charge is 0.298 e. The van der Waals surface area contributed by atoms with Gasteiger partial charge in [0.1, 0.15) is 0 Å². The molecular formula is C18H27N3O2. The topological polar surface area (TPSA) is 62.3 Å². The van der Waals surface area contributed by atoms with Crippen LogP contribution >= 0.6 is 0 Å². The van der Waals surface area contributed by atoms with Crippen molar-refractivity contribution in [3.05, 3.63) is 30.1 Å². The third-order valence-electron chi connectivity index (χ3n) is 4.74. The first kappa shape index (κ1) is 17.6. The minimum Gasteiger partial charge on any atom is -0.298 e. The summed E-state index contributed by atoms with van der Waals surface area (Å²) in [7, 11) is 0. The normalized spacial score (nSPS) is 22.0. The van der Waals surface area contributed by atoms with Gasteiger partial charge >= 0.3 is 0 Å². The molecule has 5 heteroatoms. The van der Waals surface area contributed by atoms with Gasteiger partial charge in [-0.05, 0) is 52.7 Å². The van der Waals surface area contributed by atoms with Gasteiger partial charge in [-0.3, -0.25) is 24.8 Å². The van der Waals surface area contributed by atoms with Crippen LogP contribution in [0.2, 0.25) is 0 Å². The van der Waals surface area contributed by atoms with Crippen LogP contribution in [0.4, 0.5) is 0 Å². The Balaban J connectivity index is 2.28. The summed E-state index contributed by atoms with van der Waals surface area (Å²) in [4.78, 5) is 31.1. The summed E-state index contributed by atoms with van der Waals surface area (Å²) >= 11 is 0. The summed E-state index contributed by atoms with van der Waals surface area (Å²) in [6.07, 6.45) is 3.27. The van der Waals surface area contributed by atoms with Gasteiger partial charge in [0.15, 0.2) is 0 Å². The van der Waals surface area contributed by atoms with Crippen LogP contribution in [0.15, 0.2) is 24.4 Å². The van der Waals surface area contributed by atoms with Crippen molar-refractivity contribution < 1.29 is 9.59 Å². The maximum atomic E-state index is 12.7. The highest BCUT2D eigenvalue weighted by Crippen LogP contribution is 2.35. The lowest BCUT2D eigenvalue weighted by Crippen LogP contribution is -2.53. The van der Waals surface area contributed by atoms with Crippen LogP contribution in [-0.4, -0.2) is 40.3 Å². The highest BCUT2D eigenvalue weighted by Gasteiger charge is 2.45. The average Bonchev–Trinajstić information content (AvgIpc) is 2.50. The Kier molecular flexibility index (Phi) is 5.52. The molecule has 1 fully saturated rings. The van der Waals surface area contributed by atoms with E-state index in [0.717, 1.165) is 12.2 Å². The Morgan fingerprint density at radius 2 is 1.91 bits per heavy atom. The number of piperidine rings is 1. The zero-order valence-corrected chi connectivity index (χ0v) is 14.5. The van der Waals surface area contributed by atoms with Gasteiger partial charge in [-0.2, -0.15) is 0 Å². The zero-order chi connectivity index (χ0) is 17.0. The SMILES string of the molecule is CC(C)N(CCC1(c2ccccn2)CCC(=O)NC1=O)C(C)C. The summed E-state index contributed by atoms with van der Waals surface area (Å²) in [5.74, 6) is -0.397. The highest BCUT2D eigenvalue weighted by molar-refractivity contribution is 6.03. The van der Waals surface area contributed by atoms with E-state index < -0.39 is 5.41 Å². The number of carbonyl (C=O) groups excluding carboxylic acids is 2. The molecule has 2 heterocycles. The molecule has 1 aliphatic rings. The number of carbonyl (C=O) groups is 2. The molecule has 0 spiro atoms. The molecule has 1 atom stereocenters. The lowest BCUT2D eigenvalue weighted by atomic mass is 9.73. The summed E-state index contributed by atoms with van der Waals surface area (Å²) in [6, 6.07) is 6.45. The fraction of sp³-hybridized carbons (Fsp3) is 0.611. The molecule has 1 N–H and O–H groups in total. The monoisotopic (exact) mass is 317 g/mol. The van der Waals surface area contributed by atoms with E-state index in [1.54, 1.807) is 6.20 Å². The summed E-state index contributed by atoms with van der Waals surface area (Å²) in [5.41, 5.74) is 0.0504. The number of aromatic nitrogens is 1. The minimum absolute atomic E-state index is 0.189. The molecule has 2 rings (SSSR count). The Morgan fingerprint density at radius 1 is 1.22 bits per heavy atom. The first-order valence-corrected chi connectivity index (χ1v) is 8.38. The van der Waals surface area contributed by atoms with Gasteiger partial charge in [0.25, 0.3) is 0 Å². The molecule has 1 aliphatic heterocycles. The van der Waals surface area contributed by atoms with Gasteiger partial charge in [-0.25, -0.2) is 0 Å². The lowest BCUT2D eigenvalue weighted by Gasteiger charge is -2.38. The number of nitrogens with zero attached hydrogens (tertiary/aromatic N) is 2. The van der Waals surface area contributed by atoms with Crippen LogP contribution in [0.3, 0.4) is 0 Å². The van der Waals surface area contributed by atoms with Crippen molar-refractivity contribution in [1.29, 1.82) is 0 Å². The zero-order valence-electron chi connectivity index (χ0n) is 14.5. The van der Waals surface area contributed by atoms with Crippen LogP contribution in [0.5, 0.6) is 0 Å². The number of rotatable bonds is 6. The van der Waals surface area contributed by atoms with Gasteiger partial charge in [0.05, 0.1) is 11.1 Å². The first-order chi connectivity index (χ1) is 10.9. The van der Waals surface area contributed by atoms with Crippen molar-refractivity contribution in [3.8, 4) is 0 Å². The van der Waals surface area contributed by atoms with Crippen molar-refractivity contribution in [2.45, 2.75) is 64.5 Å². The molecule has 126 valence electrons. The summed E-state index contributed by atoms with van der Waals surface area (Å²) < 4.78 is 0. The first-order valence-electron chi connectivity index (χ1n) is 8.38. The molecule has 1 aromatic heterocycles. The second-order valence-corrected chi connectivity index (χ2v) is 6.85. The van der Waals surface area contributed by atoms with Crippen molar-refractivity contribution in [1.82, 2.24) is 15.2 Å². The number of nitrogens with one attached hydrogen (secondary N) is 1. The van der Waals surface area contributed by atoms with E-state index in [4.69, 9.17) is 0 Å². The van der Waals surface area contributed by atoms with E-state index in [1.807, 2.05) is 18.2 Å². The van der Waals surface area contributed by atoms with Crippen LogP contribution in [0.1, 0.15) is 52.7 Å². The summed E-state index contributed by atoms with van der Waals surface area (Å²) in [6.45, 7) is 9.46. The number of hydrogen-bond donors (Lipinski definition) is 1. The predicted molar refractivity (Wildman–Crippen MR) is 89.9 cm³/mol. The molecular weight excluding hydrogens is 290 g/mol. The molecule has 23 heavy (non-hydrogen) atoms. The van der Waals surface area contributed by atoms with Gasteiger partial charge < -0.3 is 0 Å². The van der Waals surface area contributed by atoms with Crippen molar-refractivity contribution in [2.24, 2.45) is 0 Å². The molecule has 1 aromatic rings. The van der Waals surface area contributed by atoms with E-state index in [1.165, 1.54) is 0 Å². The maximum Gasteiger partial charge on any atom is 0.238 e. The molecule has 2 amide bonds. The number of amides is 2. The van der Waals surface area contributed by atoms with E-state index in [0.29, 0.717) is 31.3 Å². The Bertz CT molecular complexity index is 549. The Morgan fingerprint density at radius 3 is 2.43 bits per heavy atom. The molecule has 5 nitrogen and oxygen atoms in total.